The fraction of sp³-hybridized carbons (Fsp3) is 0.400. The third kappa shape index (κ3) is 4.47. The second kappa shape index (κ2) is 10.1. The standard InChI is InChI=1S/C30H31FN6O3S2/c1-3-36(42(39,40)27-12-13-35(2)34-27)24-9-6-21-14-25-20(17-33-37(25)23-10-7-22(31)8-11-23)15-30(21,16-24)28(38)29-32-18-26(41-29)19-4-5-19/h7-8,10-14,17-19,24H,3-6,9,15-16H2,1-2H3/t24-,30-/m0/s1. The minimum absolute atomic E-state index is 0.00840. The van der Waals surface area contributed by atoms with Gasteiger partial charge in [-0.05, 0) is 86.4 Å². The van der Waals surface area contributed by atoms with Crippen molar-refractivity contribution in [2.45, 2.75) is 62.4 Å². The molecule has 12 heteroatoms. The molecule has 0 spiro atoms. The van der Waals surface area contributed by atoms with Crippen LogP contribution in [0.25, 0.3) is 11.8 Å². The molecule has 3 aliphatic rings. The third-order valence-corrected chi connectivity index (χ3v) is 11.9. The number of benzene rings is 1. The van der Waals surface area contributed by atoms with Crippen molar-refractivity contribution in [3.63, 3.8) is 0 Å². The van der Waals surface area contributed by atoms with E-state index in [1.54, 1.807) is 36.3 Å². The Morgan fingerprint density at radius 3 is 2.64 bits per heavy atom. The molecule has 7 rings (SSSR count). The molecular formula is C30H31FN6O3S2. The number of sulfonamides is 1. The fourth-order valence-electron chi connectivity index (χ4n) is 6.55. The smallest absolute Gasteiger partial charge is 0.262 e. The predicted molar refractivity (Wildman–Crippen MR) is 156 cm³/mol. The Labute approximate surface area is 247 Å². The van der Waals surface area contributed by atoms with E-state index in [0.29, 0.717) is 36.6 Å². The van der Waals surface area contributed by atoms with Gasteiger partial charge in [0.25, 0.3) is 10.0 Å². The van der Waals surface area contributed by atoms with Crippen LogP contribution in [0.3, 0.4) is 0 Å². The van der Waals surface area contributed by atoms with Gasteiger partial charge in [0.05, 0.1) is 23.0 Å². The Bertz CT molecular complexity index is 1820. The summed E-state index contributed by atoms with van der Waals surface area (Å²) in [4.78, 5) is 20.3. The first-order chi connectivity index (χ1) is 20.2. The summed E-state index contributed by atoms with van der Waals surface area (Å²) >= 11 is 1.47. The summed E-state index contributed by atoms with van der Waals surface area (Å²) in [5.74, 6) is 0.111. The highest BCUT2D eigenvalue weighted by atomic mass is 32.2. The number of hydrogen-bond donors (Lipinski definition) is 0. The first-order valence-corrected chi connectivity index (χ1v) is 16.5. The number of nitrogens with zero attached hydrogens (tertiary/aromatic N) is 6. The first-order valence-electron chi connectivity index (χ1n) is 14.3. The van der Waals surface area contributed by atoms with Crippen LogP contribution in [-0.2, 0) is 23.5 Å². The molecule has 42 heavy (non-hydrogen) atoms. The van der Waals surface area contributed by atoms with Crippen LogP contribution in [0.5, 0.6) is 0 Å². The number of halogens is 1. The molecule has 0 bridgehead atoms. The number of carbonyl (C=O) groups is 1. The molecule has 3 aromatic heterocycles. The summed E-state index contributed by atoms with van der Waals surface area (Å²) in [7, 11) is -2.18. The highest BCUT2D eigenvalue weighted by molar-refractivity contribution is 7.89. The monoisotopic (exact) mass is 606 g/mol. The quantitative estimate of drug-likeness (QED) is 0.257. The van der Waals surface area contributed by atoms with Gasteiger partial charge in [-0.25, -0.2) is 22.5 Å². The maximum absolute atomic E-state index is 14.6. The second-order valence-corrected chi connectivity index (χ2v) is 14.4. The molecular weight excluding hydrogens is 576 g/mol. The van der Waals surface area contributed by atoms with E-state index in [1.807, 2.05) is 19.2 Å². The number of ketones is 1. The zero-order valence-corrected chi connectivity index (χ0v) is 25.0. The van der Waals surface area contributed by atoms with Crippen molar-refractivity contribution in [3.05, 3.63) is 81.5 Å². The number of thiazole rings is 1. The number of aryl methyl sites for hydroxylation is 1. The molecule has 3 aliphatic carbocycles. The van der Waals surface area contributed by atoms with Crippen LogP contribution < -0.4 is 0 Å². The topological polar surface area (TPSA) is 103 Å². The van der Waals surface area contributed by atoms with E-state index in [1.165, 1.54) is 38.5 Å². The van der Waals surface area contributed by atoms with Crippen LogP contribution in [0.1, 0.15) is 70.9 Å². The maximum Gasteiger partial charge on any atom is 0.262 e. The minimum atomic E-state index is -3.87. The molecule has 2 fully saturated rings. The van der Waals surface area contributed by atoms with E-state index < -0.39 is 15.4 Å². The van der Waals surface area contributed by atoms with Crippen LogP contribution in [0, 0.1) is 11.2 Å². The van der Waals surface area contributed by atoms with Crippen molar-refractivity contribution >= 4 is 33.2 Å². The summed E-state index contributed by atoms with van der Waals surface area (Å²) in [5.41, 5.74) is 2.51. The van der Waals surface area contributed by atoms with Crippen molar-refractivity contribution in [2.24, 2.45) is 12.5 Å². The number of allylic oxidation sites excluding steroid dienone is 1. The number of fused-ring (bicyclic) bond motifs is 2. The Morgan fingerprint density at radius 2 is 1.95 bits per heavy atom. The Morgan fingerprint density at radius 1 is 1.17 bits per heavy atom. The Kier molecular flexibility index (Phi) is 6.55. The molecule has 9 nitrogen and oxygen atoms in total. The maximum atomic E-state index is 14.6. The number of rotatable bonds is 8. The highest BCUT2D eigenvalue weighted by Gasteiger charge is 2.52. The number of aromatic nitrogens is 5. The first kappa shape index (κ1) is 27.4. The van der Waals surface area contributed by atoms with Gasteiger partial charge in [0, 0.05) is 36.9 Å². The largest absolute Gasteiger partial charge is 0.290 e. The van der Waals surface area contributed by atoms with E-state index in [9.17, 15) is 17.6 Å². The normalized spacial score (nSPS) is 22.1. The van der Waals surface area contributed by atoms with Crippen LogP contribution >= 0.6 is 11.3 Å². The molecule has 2 saturated carbocycles. The molecule has 0 radical (unpaired) electrons. The zero-order chi connectivity index (χ0) is 29.2. The van der Waals surface area contributed by atoms with Crippen molar-refractivity contribution in [3.8, 4) is 5.69 Å². The molecule has 0 saturated heterocycles. The van der Waals surface area contributed by atoms with Gasteiger partial charge in [0.15, 0.2) is 10.0 Å². The van der Waals surface area contributed by atoms with Gasteiger partial charge in [0.2, 0.25) is 5.78 Å². The minimum Gasteiger partial charge on any atom is -0.290 e. The molecule has 2 atom stereocenters. The molecule has 1 aromatic carbocycles. The molecule has 0 aliphatic heterocycles. The van der Waals surface area contributed by atoms with E-state index in [0.717, 1.165) is 40.2 Å². The van der Waals surface area contributed by atoms with Crippen LogP contribution in [0.15, 0.2) is 59.5 Å². The summed E-state index contributed by atoms with van der Waals surface area (Å²) in [5, 5.41) is 9.29. The summed E-state index contributed by atoms with van der Waals surface area (Å²) in [6.07, 6.45) is 11.4. The molecule has 0 N–H and O–H groups in total. The molecule has 0 unspecified atom stereocenters. The van der Waals surface area contributed by atoms with Crippen molar-refractivity contribution in [2.75, 3.05) is 6.54 Å². The lowest BCUT2D eigenvalue weighted by atomic mass is 9.61. The molecule has 0 amide bonds. The van der Waals surface area contributed by atoms with Crippen molar-refractivity contribution in [1.82, 2.24) is 28.9 Å². The van der Waals surface area contributed by atoms with Crippen LogP contribution in [-0.4, -0.2) is 55.6 Å². The average molecular weight is 607 g/mol. The SMILES string of the molecule is CCN([C@H]1CCC2=Cc3c(cnn3-c3ccc(F)cc3)C[C@]2(C(=O)c2ncc(C3CC3)s2)C1)S(=O)(=O)c1ccn(C)n1. The van der Waals surface area contributed by atoms with Crippen molar-refractivity contribution < 1.29 is 17.6 Å². The fourth-order valence-corrected chi connectivity index (χ4v) is 9.29. The summed E-state index contributed by atoms with van der Waals surface area (Å²) in [6, 6.07) is 7.29. The van der Waals surface area contributed by atoms with E-state index in [4.69, 9.17) is 0 Å². The molecule has 4 aromatic rings. The van der Waals surface area contributed by atoms with E-state index in [2.05, 4.69) is 15.2 Å². The van der Waals surface area contributed by atoms with Crippen molar-refractivity contribution in [1.29, 1.82) is 0 Å². The van der Waals surface area contributed by atoms with E-state index >= 15 is 0 Å². The van der Waals surface area contributed by atoms with Crippen LogP contribution in [0.2, 0.25) is 0 Å². The van der Waals surface area contributed by atoms with Gasteiger partial charge in [-0.2, -0.15) is 14.5 Å². The summed E-state index contributed by atoms with van der Waals surface area (Å²) in [6.45, 7) is 2.10. The van der Waals surface area contributed by atoms with Gasteiger partial charge in [0.1, 0.15) is 5.82 Å². The van der Waals surface area contributed by atoms with E-state index in [-0.39, 0.29) is 29.2 Å². The lowest BCUT2D eigenvalue weighted by Crippen LogP contribution is -2.50. The summed E-state index contributed by atoms with van der Waals surface area (Å²) < 4.78 is 45.9. The second-order valence-electron chi connectivity index (χ2n) is 11.5. The Hall–Kier alpha value is -3.48. The van der Waals surface area contributed by atoms with Gasteiger partial charge in [-0.15, -0.1) is 11.3 Å². The van der Waals surface area contributed by atoms with Gasteiger partial charge in [-0.1, -0.05) is 12.5 Å². The average Bonchev–Trinajstić information content (AvgIpc) is 3.34. The van der Waals surface area contributed by atoms with Gasteiger partial charge < -0.3 is 0 Å². The van der Waals surface area contributed by atoms with Crippen LogP contribution in [0.4, 0.5) is 4.39 Å². The molecule has 218 valence electrons. The number of hydrogen-bond acceptors (Lipinski definition) is 7. The molecule has 3 heterocycles. The Balaban J connectivity index is 1.30. The van der Waals surface area contributed by atoms with Gasteiger partial charge in [-0.3, -0.25) is 9.48 Å². The highest BCUT2D eigenvalue weighted by Crippen LogP contribution is 2.52. The predicted octanol–water partition coefficient (Wildman–Crippen LogP) is 5.15. The lowest BCUT2D eigenvalue weighted by Gasteiger charge is -2.46. The number of Topliss-reactive ketones (excluding diaryl/α,β-unsaturated/α-hetero) is 1. The lowest BCUT2D eigenvalue weighted by molar-refractivity contribution is 0.0744. The van der Waals surface area contributed by atoms with Gasteiger partial charge >= 0.3 is 0 Å². The third-order valence-electron chi connectivity index (χ3n) is 8.82. The number of carbonyl (C=O) groups excluding carboxylic acids is 1. The zero-order valence-electron chi connectivity index (χ0n) is 23.4.